The Balaban J connectivity index is 2.39. The van der Waals surface area contributed by atoms with Crippen LogP contribution in [0.25, 0.3) is 0 Å². The molecule has 1 aromatic carbocycles. The fourth-order valence-corrected chi connectivity index (χ4v) is 1.87. The van der Waals surface area contributed by atoms with Crippen molar-refractivity contribution in [1.29, 1.82) is 5.26 Å². The molecule has 0 spiro atoms. The molecule has 2 N–H and O–H groups in total. The Morgan fingerprint density at radius 2 is 1.90 bits per heavy atom. The van der Waals surface area contributed by atoms with Gasteiger partial charge in [0.15, 0.2) is 6.61 Å². The Bertz CT molecular complexity index is 423. The summed E-state index contributed by atoms with van der Waals surface area (Å²) < 4.78 is 5.21. The summed E-state index contributed by atoms with van der Waals surface area (Å²) in [5, 5.41) is 21.6. The van der Waals surface area contributed by atoms with Gasteiger partial charge in [0.05, 0.1) is 6.10 Å². The maximum Gasteiger partial charge on any atom is 0.174 e. The van der Waals surface area contributed by atoms with Crippen molar-refractivity contribution in [3.8, 4) is 11.8 Å². The van der Waals surface area contributed by atoms with Crippen LogP contribution < -0.4 is 10.1 Å². The van der Waals surface area contributed by atoms with Crippen LogP contribution in [0.5, 0.6) is 5.75 Å². The lowest BCUT2D eigenvalue weighted by Gasteiger charge is -2.18. The molecule has 0 fully saturated rings. The molecule has 4 nitrogen and oxygen atoms in total. The first-order valence-corrected chi connectivity index (χ1v) is 7.05. The molecule has 2 atom stereocenters. The van der Waals surface area contributed by atoms with E-state index in [-0.39, 0.29) is 18.8 Å². The Morgan fingerprint density at radius 1 is 1.25 bits per heavy atom. The van der Waals surface area contributed by atoms with E-state index < -0.39 is 0 Å². The number of nitrogens with one attached hydrogen (secondary N) is 1. The minimum absolute atomic E-state index is 0.0697. The highest BCUT2D eigenvalue weighted by Crippen LogP contribution is 2.17. The standard InChI is InChI=1S/C16H24N2O2/c1-12(2)16(19)8-10-18-13(3)14-4-6-15(7-5-14)20-11-9-17/h4-7,12-13,16,18-19H,8,10-11H2,1-3H3. The molecule has 0 heterocycles. The first-order chi connectivity index (χ1) is 9.54. The van der Waals surface area contributed by atoms with Gasteiger partial charge in [0.1, 0.15) is 11.8 Å². The number of hydrogen-bond donors (Lipinski definition) is 2. The van der Waals surface area contributed by atoms with Crippen LogP contribution >= 0.6 is 0 Å². The highest BCUT2D eigenvalue weighted by molar-refractivity contribution is 5.29. The quantitative estimate of drug-likeness (QED) is 0.766. The van der Waals surface area contributed by atoms with Crippen LogP contribution in [-0.2, 0) is 0 Å². The predicted molar refractivity (Wildman–Crippen MR) is 79.4 cm³/mol. The molecule has 0 aliphatic carbocycles. The number of aliphatic hydroxyl groups is 1. The van der Waals surface area contributed by atoms with E-state index in [4.69, 9.17) is 10.00 Å². The van der Waals surface area contributed by atoms with Crippen molar-refractivity contribution in [2.45, 2.75) is 39.3 Å². The van der Waals surface area contributed by atoms with Crippen molar-refractivity contribution in [3.63, 3.8) is 0 Å². The summed E-state index contributed by atoms with van der Waals surface area (Å²) in [6.07, 6.45) is 0.502. The first-order valence-electron chi connectivity index (χ1n) is 7.05. The number of benzene rings is 1. The number of nitriles is 1. The monoisotopic (exact) mass is 276 g/mol. The molecule has 0 amide bonds. The maximum absolute atomic E-state index is 9.75. The van der Waals surface area contributed by atoms with Gasteiger partial charge in [-0.25, -0.2) is 0 Å². The minimum Gasteiger partial charge on any atom is -0.479 e. The maximum atomic E-state index is 9.75. The van der Waals surface area contributed by atoms with E-state index in [1.54, 1.807) is 0 Å². The normalized spacial score (nSPS) is 13.8. The van der Waals surface area contributed by atoms with Crippen molar-refractivity contribution >= 4 is 0 Å². The van der Waals surface area contributed by atoms with E-state index in [0.29, 0.717) is 11.7 Å². The Morgan fingerprint density at radius 3 is 2.45 bits per heavy atom. The van der Waals surface area contributed by atoms with Crippen molar-refractivity contribution in [3.05, 3.63) is 29.8 Å². The summed E-state index contributed by atoms with van der Waals surface area (Å²) >= 11 is 0. The third-order valence-electron chi connectivity index (χ3n) is 3.34. The van der Waals surface area contributed by atoms with Crippen LogP contribution in [0.3, 0.4) is 0 Å². The van der Waals surface area contributed by atoms with Crippen molar-refractivity contribution < 1.29 is 9.84 Å². The second kappa shape index (κ2) is 8.57. The van der Waals surface area contributed by atoms with Gasteiger partial charge in [0.2, 0.25) is 0 Å². The number of hydrogen-bond acceptors (Lipinski definition) is 4. The lowest BCUT2D eigenvalue weighted by Crippen LogP contribution is -2.25. The summed E-state index contributed by atoms with van der Waals surface area (Å²) in [7, 11) is 0. The molecular formula is C16H24N2O2. The van der Waals surface area contributed by atoms with Gasteiger partial charge >= 0.3 is 0 Å². The summed E-state index contributed by atoms with van der Waals surface area (Å²) in [6, 6.07) is 9.88. The molecule has 110 valence electrons. The van der Waals surface area contributed by atoms with Crippen molar-refractivity contribution in [2.75, 3.05) is 13.2 Å². The predicted octanol–water partition coefficient (Wildman–Crippen LogP) is 2.65. The fourth-order valence-electron chi connectivity index (χ4n) is 1.87. The van der Waals surface area contributed by atoms with Crippen LogP contribution in [0.15, 0.2) is 24.3 Å². The van der Waals surface area contributed by atoms with E-state index in [2.05, 4.69) is 12.2 Å². The molecule has 0 aromatic heterocycles. The van der Waals surface area contributed by atoms with E-state index in [0.717, 1.165) is 18.5 Å². The number of rotatable bonds is 8. The molecule has 1 rings (SSSR count). The SMILES string of the molecule is CC(NCCC(O)C(C)C)c1ccc(OCC#N)cc1. The third-order valence-corrected chi connectivity index (χ3v) is 3.34. The lowest BCUT2D eigenvalue weighted by molar-refractivity contribution is 0.115. The molecule has 0 radical (unpaired) electrons. The van der Waals surface area contributed by atoms with E-state index in [1.165, 1.54) is 0 Å². The van der Waals surface area contributed by atoms with Crippen molar-refractivity contribution in [1.82, 2.24) is 5.32 Å². The molecule has 0 bridgehead atoms. The molecule has 4 heteroatoms. The first kappa shape index (κ1) is 16.5. The summed E-state index contributed by atoms with van der Waals surface area (Å²) in [5.74, 6) is 1.00. The second-order valence-electron chi connectivity index (χ2n) is 5.29. The third kappa shape index (κ3) is 5.60. The van der Waals surface area contributed by atoms with Crippen LogP contribution in [0.1, 0.15) is 38.8 Å². The molecule has 1 aromatic rings. The zero-order valence-electron chi connectivity index (χ0n) is 12.5. The molecule has 0 saturated heterocycles. The molecule has 0 aliphatic rings. The Labute approximate surface area is 121 Å². The summed E-state index contributed by atoms with van der Waals surface area (Å²) in [6.45, 7) is 6.99. The number of ether oxygens (including phenoxy) is 1. The minimum atomic E-state index is -0.253. The van der Waals surface area contributed by atoms with E-state index in [9.17, 15) is 5.11 Å². The van der Waals surface area contributed by atoms with Crippen LogP contribution in [0, 0.1) is 17.2 Å². The molecule has 2 unspecified atom stereocenters. The summed E-state index contributed by atoms with van der Waals surface area (Å²) in [4.78, 5) is 0. The smallest absolute Gasteiger partial charge is 0.174 e. The average molecular weight is 276 g/mol. The van der Waals surface area contributed by atoms with Crippen LogP contribution in [0.4, 0.5) is 0 Å². The van der Waals surface area contributed by atoms with Crippen molar-refractivity contribution in [2.24, 2.45) is 5.92 Å². The van der Waals surface area contributed by atoms with Crippen LogP contribution in [0.2, 0.25) is 0 Å². The zero-order valence-corrected chi connectivity index (χ0v) is 12.5. The molecule has 0 saturated carbocycles. The van der Waals surface area contributed by atoms with Gasteiger partial charge in [-0.2, -0.15) is 5.26 Å². The van der Waals surface area contributed by atoms with Gasteiger partial charge in [0, 0.05) is 6.04 Å². The lowest BCUT2D eigenvalue weighted by atomic mass is 10.0. The zero-order chi connectivity index (χ0) is 15.0. The summed E-state index contributed by atoms with van der Waals surface area (Å²) in [5.41, 5.74) is 1.16. The van der Waals surface area contributed by atoms with Crippen LogP contribution in [-0.4, -0.2) is 24.4 Å². The van der Waals surface area contributed by atoms with Gasteiger partial charge in [-0.1, -0.05) is 26.0 Å². The highest BCUT2D eigenvalue weighted by Gasteiger charge is 2.10. The molecule has 0 aliphatic heterocycles. The van der Waals surface area contributed by atoms with E-state index in [1.807, 2.05) is 44.2 Å². The fraction of sp³-hybridized carbons (Fsp3) is 0.562. The van der Waals surface area contributed by atoms with Gasteiger partial charge < -0.3 is 15.2 Å². The highest BCUT2D eigenvalue weighted by atomic mass is 16.5. The Kier molecular flexibility index (Phi) is 7.06. The average Bonchev–Trinajstić information content (AvgIpc) is 2.45. The second-order valence-corrected chi connectivity index (χ2v) is 5.29. The Hall–Kier alpha value is -1.57. The molecule has 20 heavy (non-hydrogen) atoms. The van der Waals surface area contributed by atoms with Gasteiger partial charge in [0.25, 0.3) is 0 Å². The topological polar surface area (TPSA) is 65.3 Å². The largest absolute Gasteiger partial charge is 0.479 e. The molecular weight excluding hydrogens is 252 g/mol. The van der Waals surface area contributed by atoms with Gasteiger partial charge in [-0.3, -0.25) is 0 Å². The van der Waals surface area contributed by atoms with Gasteiger partial charge in [-0.05, 0) is 43.5 Å². The number of nitrogens with zero attached hydrogens (tertiary/aromatic N) is 1. The van der Waals surface area contributed by atoms with E-state index >= 15 is 0 Å². The van der Waals surface area contributed by atoms with Gasteiger partial charge in [-0.15, -0.1) is 0 Å². The number of aliphatic hydroxyl groups excluding tert-OH is 1.